The Bertz CT molecular complexity index is 691. The van der Waals surface area contributed by atoms with Gasteiger partial charge in [0, 0.05) is 31.6 Å². The van der Waals surface area contributed by atoms with Crippen LogP contribution in [0.25, 0.3) is 0 Å². The Kier molecular flexibility index (Phi) is 6.63. The summed E-state index contributed by atoms with van der Waals surface area (Å²) in [5.41, 5.74) is 1.88. The van der Waals surface area contributed by atoms with Crippen molar-refractivity contribution in [2.75, 3.05) is 19.6 Å². The van der Waals surface area contributed by atoms with Crippen molar-refractivity contribution in [3.8, 4) is 0 Å². The molecule has 0 bridgehead atoms. The SMILES string of the molecule is CC(=O)N(CC(=O)O)C1CCCN(C(=O)c2ccc(C(C)(C)C)cc2)CC1. The molecule has 6 heteroatoms. The third-order valence-corrected chi connectivity index (χ3v) is 5.13. The Labute approximate surface area is 161 Å². The highest BCUT2D eigenvalue weighted by molar-refractivity contribution is 5.94. The average molecular weight is 374 g/mol. The first-order valence-electron chi connectivity index (χ1n) is 9.48. The van der Waals surface area contributed by atoms with Gasteiger partial charge in [-0.15, -0.1) is 0 Å². The van der Waals surface area contributed by atoms with Crippen LogP contribution in [-0.2, 0) is 15.0 Å². The standard InChI is InChI=1S/C21H30N2O4/c1-15(24)23(14-19(25)26)18-6-5-12-22(13-11-18)20(27)16-7-9-17(10-8-16)21(2,3)4/h7-10,18H,5-6,11-14H2,1-4H3,(H,25,26). The molecule has 0 spiro atoms. The van der Waals surface area contributed by atoms with Crippen LogP contribution in [0.3, 0.4) is 0 Å². The van der Waals surface area contributed by atoms with E-state index >= 15 is 0 Å². The monoisotopic (exact) mass is 374 g/mol. The summed E-state index contributed by atoms with van der Waals surface area (Å²) in [5, 5.41) is 9.04. The first-order chi connectivity index (χ1) is 12.6. The highest BCUT2D eigenvalue weighted by Gasteiger charge is 2.28. The number of carbonyl (C=O) groups excluding carboxylic acids is 2. The van der Waals surface area contributed by atoms with E-state index in [9.17, 15) is 14.4 Å². The van der Waals surface area contributed by atoms with Gasteiger partial charge in [0.2, 0.25) is 5.91 Å². The van der Waals surface area contributed by atoms with Gasteiger partial charge in [-0.3, -0.25) is 14.4 Å². The zero-order chi connectivity index (χ0) is 20.2. The summed E-state index contributed by atoms with van der Waals surface area (Å²) in [5.74, 6) is -1.26. The molecule has 1 aliphatic heterocycles. The highest BCUT2D eigenvalue weighted by atomic mass is 16.4. The molecule has 1 aromatic rings. The largest absolute Gasteiger partial charge is 0.480 e. The van der Waals surface area contributed by atoms with E-state index in [4.69, 9.17) is 5.11 Å². The van der Waals surface area contributed by atoms with Crippen molar-refractivity contribution in [1.29, 1.82) is 0 Å². The predicted octanol–water partition coefficient (Wildman–Crippen LogP) is 2.91. The number of carbonyl (C=O) groups is 3. The van der Waals surface area contributed by atoms with Crippen molar-refractivity contribution in [1.82, 2.24) is 9.80 Å². The van der Waals surface area contributed by atoms with E-state index in [-0.39, 0.29) is 29.8 Å². The minimum absolute atomic E-state index is 0.0104. The van der Waals surface area contributed by atoms with Gasteiger partial charge >= 0.3 is 5.97 Å². The van der Waals surface area contributed by atoms with E-state index in [2.05, 4.69) is 20.8 Å². The number of hydrogen-bond donors (Lipinski definition) is 1. The van der Waals surface area contributed by atoms with Crippen molar-refractivity contribution < 1.29 is 19.5 Å². The maximum Gasteiger partial charge on any atom is 0.323 e. The van der Waals surface area contributed by atoms with Crippen LogP contribution in [0, 0.1) is 0 Å². The van der Waals surface area contributed by atoms with E-state index < -0.39 is 5.97 Å². The Morgan fingerprint density at radius 2 is 1.74 bits per heavy atom. The van der Waals surface area contributed by atoms with Gasteiger partial charge in [0.05, 0.1) is 0 Å². The molecule has 0 radical (unpaired) electrons. The summed E-state index contributed by atoms with van der Waals surface area (Å²) in [6.07, 6.45) is 2.05. The number of carboxylic acids is 1. The number of aliphatic carboxylic acids is 1. The minimum atomic E-state index is -1.01. The summed E-state index contributed by atoms with van der Waals surface area (Å²) < 4.78 is 0. The van der Waals surface area contributed by atoms with Crippen LogP contribution < -0.4 is 0 Å². The van der Waals surface area contributed by atoms with Gasteiger partial charge < -0.3 is 14.9 Å². The number of amides is 2. The predicted molar refractivity (Wildman–Crippen MR) is 104 cm³/mol. The maximum atomic E-state index is 12.9. The molecule has 1 aliphatic rings. The number of benzene rings is 1. The van der Waals surface area contributed by atoms with Gasteiger partial charge in [-0.1, -0.05) is 32.9 Å². The second-order valence-electron chi connectivity index (χ2n) is 8.24. The minimum Gasteiger partial charge on any atom is -0.480 e. The fraction of sp³-hybridized carbons (Fsp3) is 0.571. The van der Waals surface area contributed by atoms with Crippen molar-refractivity contribution in [3.05, 3.63) is 35.4 Å². The molecule has 148 valence electrons. The molecule has 1 unspecified atom stereocenters. The van der Waals surface area contributed by atoms with Crippen LogP contribution in [0.15, 0.2) is 24.3 Å². The maximum absolute atomic E-state index is 12.9. The summed E-state index contributed by atoms with van der Waals surface area (Å²) in [6, 6.07) is 7.60. The quantitative estimate of drug-likeness (QED) is 0.879. The van der Waals surface area contributed by atoms with E-state index in [0.717, 1.165) is 6.42 Å². The van der Waals surface area contributed by atoms with Gasteiger partial charge in [0.25, 0.3) is 5.91 Å². The molecule has 27 heavy (non-hydrogen) atoms. The molecular formula is C21H30N2O4. The second kappa shape index (κ2) is 8.55. The van der Waals surface area contributed by atoms with E-state index in [1.165, 1.54) is 17.4 Å². The van der Waals surface area contributed by atoms with Crippen LogP contribution in [-0.4, -0.2) is 58.4 Å². The van der Waals surface area contributed by atoms with E-state index in [1.54, 1.807) is 0 Å². The summed E-state index contributed by atoms with van der Waals surface area (Å²) in [4.78, 5) is 38.9. The smallest absolute Gasteiger partial charge is 0.323 e. The molecule has 0 aromatic heterocycles. The number of carboxylic acid groups (broad SMARTS) is 1. The Balaban J connectivity index is 2.05. The molecule has 1 heterocycles. The molecule has 0 saturated carbocycles. The Morgan fingerprint density at radius 3 is 2.26 bits per heavy atom. The summed E-state index contributed by atoms with van der Waals surface area (Å²) in [6.45, 7) is 8.66. The third-order valence-electron chi connectivity index (χ3n) is 5.13. The fourth-order valence-corrected chi connectivity index (χ4v) is 3.53. The highest BCUT2D eigenvalue weighted by Crippen LogP contribution is 2.23. The average Bonchev–Trinajstić information content (AvgIpc) is 2.84. The lowest BCUT2D eigenvalue weighted by Gasteiger charge is -2.29. The molecule has 2 amide bonds. The van der Waals surface area contributed by atoms with Crippen molar-refractivity contribution in [3.63, 3.8) is 0 Å². The van der Waals surface area contributed by atoms with E-state index in [0.29, 0.717) is 31.5 Å². The lowest BCUT2D eigenvalue weighted by molar-refractivity contribution is -0.145. The van der Waals surface area contributed by atoms with Crippen LogP contribution >= 0.6 is 0 Å². The molecule has 1 fully saturated rings. The normalized spacial score (nSPS) is 17.9. The Morgan fingerprint density at radius 1 is 1.11 bits per heavy atom. The summed E-state index contributed by atoms with van der Waals surface area (Å²) >= 11 is 0. The van der Waals surface area contributed by atoms with Gasteiger partial charge in [-0.05, 0) is 42.4 Å². The van der Waals surface area contributed by atoms with Crippen molar-refractivity contribution in [2.45, 2.75) is 58.4 Å². The number of nitrogens with zero attached hydrogens (tertiary/aromatic N) is 2. The van der Waals surface area contributed by atoms with Gasteiger partial charge in [-0.25, -0.2) is 0 Å². The van der Waals surface area contributed by atoms with Crippen LogP contribution in [0.5, 0.6) is 0 Å². The molecule has 2 rings (SSSR count). The summed E-state index contributed by atoms with van der Waals surface area (Å²) in [7, 11) is 0. The van der Waals surface area contributed by atoms with Gasteiger partial charge in [0.1, 0.15) is 6.54 Å². The molecule has 6 nitrogen and oxygen atoms in total. The van der Waals surface area contributed by atoms with Gasteiger partial charge in [0.15, 0.2) is 0 Å². The first kappa shape index (κ1) is 20.9. The van der Waals surface area contributed by atoms with Crippen molar-refractivity contribution in [2.24, 2.45) is 0 Å². The molecule has 0 aliphatic carbocycles. The molecule has 1 aromatic carbocycles. The zero-order valence-corrected chi connectivity index (χ0v) is 16.7. The number of hydrogen-bond acceptors (Lipinski definition) is 3. The third kappa shape index (κ3) is 5.55. The fourth-order valence-electron chi connectivity index (χ4n) is 3.53. The number of likely N-dealkylation sites (tertiary alicyclic amines) is 1. The lowest BCUT2D eigenvalue weighted by atomic mass is 9.86. The van der Waals surface area contributed by atoms with Crippen LogP contribution in [0.2, 0.25) is 0 Å². The molecule has 1 saturated heterocycles. The Hall–Kier alpha value is -2.37. The molecule has 1 atom stereocenters. The van der Waals surface area contributed by atoms with E-state index in [1.807, 2.05) is 29.2 Å². The number of rotatable bonds is 4. The van der Waals surface area contributed by atoms with Crippen molar-refractivity contribution >= 4 is 17.8 Å². The molecule has 1 N–H and O–H groups in total. The van der Waals surface area contributed by atoms with Crippen LogP contribution in [0.1, 0.15) is 62.9 Å². The first-order valence-corrected chi connectivity index (χ1v) is 9.48. The topological polar surface area (TPSA) is 77.9 Å². The zero-order valence-electron chi connectivity index (χ0n) is 16.7. The second-order valence-corrected chi connectivity index (χ2v) is 8.24. The van der Waals surface area contributed by atoms with Crippen LogP contribution in [0.4, 0.5) is 0 Å². The molecular weight excluding hydrogens is 344 g/mol. The van der Waals surface area contributed by atoms with Gasteiger partial charge in [-0.2, -0.15) is 0 Å². The lowest BCUT2D eigenvalue weighted by Crippen LogP contribution is -2.43.